The van der Waals surface area contributed by atoms with E-state index in [1.165, 1.54) is 4.90 Å². The fourth-order valence-corrected chi connectivity index (χ4v) is 6.06. The van der Waals surface area contributed by atoms with Crippen LogP contribution in [0.4, 0.5) is 4.79 Å². The van der Waals surface area contributed by atoms with Crippen LogP contribution in [-0.4, -0.2) is 62.0 Å². The summed E-state index contributed by atoms with van der Waals surface area (Å²) >= 11 is 0. The first-order valence-electron chi connectivity index (χ1n) is 15.0. The Bertz CT molecular complexity index is 1410. The molecule has 8 nitrogen and oxygen atoms in total. The van der Waals surface area contributed by atoms with Gasteiger partial charge in [-0.1, -0.05) is 68.4 Å². The van der Waals surface area contributed by atoms with Gasteiger partial charge in [0.1, 0.15) is 24.4 Å². The second kappa shape index (κ2) is 13.9. The lowest BCUT2D eigenvalue weighted by Gasteiger charge is -2.26. The molecule has 1 unspecified atom stereocenters. The predicted molar refractivity (Wildman–Crippen MR) is 164 cm³/mol. The maximum Gasteiger partial charge on any atom is 0.410 e. The van der Waals surface area contributed by atoms with E-state index in [-0.39, 0.29) is 31.3 Å². The van der Waals surface area contributed by atoms with E-state index in [1.54, 1.807) is 7.11 Å². The van der Waals surface area contributed by atoms with Crippen molar-refractivity contribution in [3.05, 3.63) is 83.4 Å². The van der Waals surface area contributed by atoms with E-state index < -0.39 is 18.1 Å². The van der Waals surface area contributed by atoms with Crippen molar-refractivity contribution >= 4 is 18.2 Å². The van der Waals surface area contributed by atoms with Crippen molar-refractivity contribution in [1.29, 1.82) is 0 Å². The molecule has 5 rings (SSSR count). The fourth-order valence-electron chi connectivity index (χ4n) is 6.06. The summed E-state index contributed by atoms with van der Waals surface area (Å²) in [5.41, 5.74) is 5.58. The van der Waals surface area contributed by atoms with E-state index in [0.717, 1.165) is 27.8 Å². The molecule has 0 bridgehead atoms. The summed E-state index contributed by atoms with van der Waals surface area (Å²) in [5.74, 6) is 0.106. The number of methoxy groups -OCH3 is 1. The average molecular weight is 585 g/mol. The fraction of sp³-hybridized carbons (Fsp3) is 0.400. The summed E-state index contributed by atoms with van der Waals surface area (Å²) in [6.45, 7) is 5.62. The first-order valence-corrected chi connectivity index (χ1v) is 15.0. The molecular formula is C35H40N2O6. The van der Waals surface area contributed by atoms with Crippen LogP contribution in [0.2, 0.25) is 0 Å². The Morgan fingerprint density at radius 2 is 1.72 bits per heavy atom. The molecule has 2 atom stereocenters. The number of nitrogens with zero attached hydrogens (tertiary/aromatic N) is 1. The van der Waals surface area contributed by atoms with Crippen LogP contribution in [0.1, 0.15) is 55.7 Å². The number of Topliss-reactive ketones (excluding diaryl/α,β-unsaturated/α-hetero) is 1. The van der Waals surface area contributed by atoms with Crippen molar-refractivity contribution < 1.29 is 28.6 Å². The smallest absolute Gasteiger partial charge is 0.410 e. The lowest BCUT2D eigenvalue weighted by Crippen LogP contribution is -2.44. The summed E-state index contributed by atoms with van der Waals surface area (Å²) in [7, 11) is 1.61. The van der Waals surface area contributed by atoms with E-state index in [1.807, 2.05) is 42.5 Å². The van der Waals surface area contributed by atoms with Gasteiger partial charge in [-0.25, -0.2) is 4.79 Å². The molecule has 8 heteroatoms. The number of nitrogens with one attached hydrogen (secondary N) is 1. The highest BCUT2D eigenvalue weighted by molar-refractivity contribution is 5.98. The van der Waals surface area contributed by atoms with Crippen molar-refractivity contribution in [2.75, 3.05) is 26.9 Å². The predicted octanol–water partition coefficient (Wildman–Crippen LogP) is 5.76. The topological polar surface area (TPSA) is 94.2 Å². The van der Waals surface area contributed by atoms with E-state index >= 15 is 0 Å². The maximum atomic E-state index is 13.4. The molecule has 43 heavy (non-hydrogen) atoms. The van der Waals surface area contributed by atoms with Crippen LogP contribution in [0.25, 0.3) is 11.1 Å². The molecule has 1 heterocycles. The molecule has 226 valence electrons. The summed E-state index contributed by atoms with van der Waals surface area (Å²) in [4.78, 5) is 40.2. The van der Waals surface area contributed by atoms with Crippen LogP contribution in [0.15, 0.2) is 66.7 Å². The van der Waals surface area contributed by atoms with Crippen LogP contribution in [-0.2, 0) is 20.9 Å². The van der Waals surface area contributed by atoms with Crippen LogP contribution in [0.5, 0.6) is 11.5 Å². The van der Waals surface area contributed by atoms with E-state index in [0.29, 0.717) is 49.8 Å². The Balaban J connectivity index is 1.16. The highest BCUT2D eigenvalue weighted by Crippen LogP contribution is 2.44. The number of hydrogen-bond donors (Lipinski definition) is 1. The molecule has 1 fully saturated rings. The zero-order valence-corrected chi connectivity index (χ0v) is 25.1. The Morgan fingerprint density at radius 1 is 1.02 bits per heavy atom. The van der Waals surface area contributed by atoms with E-state index in [4.69, 9.17) is 14.2 Å². The van der Waals surface area contributed by atoms with Crippen LogP contribution in [0.3, 0.4) is 0 Å². The van der Waals surface area contributed by atoms with Crippen molar-refractivity contribution in [2.45, 2.75) is 57.7 Å². The third-order valence-electron chi connectivity index (χ3n) is 8.34. The highest BCUT2D eigenvalue weighted by atomic mass is 16.6. The number of hydrogen-bond acceptors (Lipinski definition) is 7. The lowest BCUT2D eigenvalue weighted by atomic mass is 9.95. The molecule has 0 spiro atoms. The number of benzene rings is 3. The van der Waals surface area contributed by atoms with E-state index in [9.17, 15) is 14.4 Å². The number of amides is 1. The van der Waals surface area contributed by atoms with Gasteiger partial charge in [0.2, 0.25) is 0 Å². The number of ether oxygens (including phenoxy) is 3. The van der Waals surface area contributed by atoms with Gasteiger partial charge < -0.3 is 24.3 Å². The molecule has 1 aliphatic heterocycles. The number of rotatable bonds is 13. The van der Waals surface area contributed by atoms with Crippen molar-refractivity contribution in [3.63, 3.8) is 0 Å². The summed E-state index contributed by atoms with van der Waals surface area (Å²) in [6.07, 6.45) is 1.56. The second-order valence-corrected chi connectivity index (χ2v) is 11.4. The number of carbonyl (C=O) groups excluding carboxylic acids is 3. The molecule has 2 aliphatic rings. The minimum atomic E-state index is -0.872. The zero-order valence-electron chi connectivity index (χ0n) is 25.1. The average Bonchev–Trinajstić information content (AvgIpc) is 3.64. The van der Waals surface area contributed by atoms with Gasteiger partial charge in [0, 0.05) is 36.7 Å². The quantitative estimate of drug-likeness (QED) is 0.202. The Kier molecular flexibility index (Phi) is 9.77. The molecule has 1 aliphatic carbocycles. The minimum absolute atomic E-state index is 0.0628. The summed E-state index contributed by atoms with van der Waals surface area (Å²) in [5, 5.41) is 3.37. The monoisotopic (exact) mass is 584 g/mol. The molecule has 3 aromatic carbocycles. The number of carbonyl (C=O) groups is 3. The molecule has 1 saturated heterocycles. The Morgan fingerprint density at radius 3 is 2.37 bits per heavy atom. The van der Waals surface area contributed by atoms with Gasteiger partial charge in [-0.2, -0.15) is 0 Å². The van der Waals surface area contributed by atoms with Gasteiger partial charge >= 0.3 is 6.09 Å². The number of fused-ring (bicyclic) bond motifs is 3. The summed E-state index contributed by atoms with van der Waals surface area (Å²) < 4.78 is 17.2. The van der Waals surface area contributed by atoms with Crippen molar-refractivity contribution in [3.8, 4) is 22.6 Å². The first kappa shape index (κ1) is 30.3. The normalized spacial score (nSPS) is 16.5. The molecule has 3 aromatic rings. The zero-order chi connectivity index (χ0) is 30.3. The SMILES string of the molecule is COc1cc(OCCC(C=O)C(=O)[C@@H]2CCCN2C(=O)OCC2c3ccccc3-c3ccccc32)ccc1CNC(C)C. The van der Waals surface area contributed by atoms with Crippen molar-refractivity contribution in [2.24, 2.45) is 5.92 Å². The number of likely N-dealkylation sites (tertiary alicyclic amines) is 1. The number of aldehydes is 1. The van der Waals surface area contributed by atoms with Crippen LogP contribution < -0.4 is 14.8 Å². The molecule has 0 saturated carbocycles. The van der Waals surface area contributed by atoms with Gasteiger partial charge in [0.25, 0.3) is 0 Å². The van der Waals surface area contributed by atoms with Gasteiger partial charge in [0.05, 0.1) is 25.7 Å². The van der Waals surface area contributed by atoms with Gasteiger partial charge in [-0.05, 0) is 47.6 Å². The largest absolute Gasteiger partial charge is 0.496 e. The molecular weight excluding hydrogens is 544 g/mol. The third-order valence-corrected chi connectivity index (χ3v) is 8.34. The Labute approximate surface area is 253 Å². The lowest BCUT2D eigenvalue weighted by molar-refractivity contribution is -0.131. The number of ketones is 1. The first-order chi connectivity index (χ1) is 20.9. The van der Waals surface area contributed by atoms with E-state index in [2.05, 4.69) is 43.4 Å². The molecule has 1 amide bonds. The third kappa shape index (κ3) is 6.75. The Hall–Kier alpha value is -4.17. The molecule has 0 aromatic heterocycles. The van der Waals surface area contributed by atoms with Gasteiger partial charge in [0.15, 0.2) is 5.78 Å². The summed E-state index contributed by atoms with van der Waals surface area (Å²) in [6, 6.07) is 21.6. The second-order valence-electron chi connectivity index (χ2n) is 11.4. The van der Waals surface area contributed by atoms with Crippen molar-refractivity contribution in [1.82, 2.24) is 10.2 Å². The van der Waals surface area contributed by atoms with Crippen LogP contribution >= 0.6 is 0 Å². The highest BCUT2D eigenvalue weighted by Gasteiger charge is 2.39. The molecule has 1 N–H and O–H groups in total. The molecule has 0 radical (unpaired) electrons. The minimum Gasteiger partial charge on any atom is -0.496 e. The van der Waals surface area contributed by atoms with Gasteiger partial charge in [-0.15, -0.1) is 0 Å². The maximum absolute atomic E-state index is 13.4. The standard InChI is InChI=1S/C35H40N2O6/c1-23(2)36-20-24-14-15-26(19-33(24)41-3)42-18-16-25(21-38)34(39)32-13-8-17-37(32)35(40)43-22-31-29-11-6-4-9-27(29)28-10-5-7-12-30(28)31/h4-7,9-12,14-15,19,21,23,25,31-32,36H,8,13,16-18,20,22H2,1-3H3/t25?,32-/m0/s1. The van der Waals surface area contributed by atoms with Gasteiger partial charge in [-0.3, -0.25) is 9.69 Å². The van der Waals surface area contributed by atoms with Crippen LogP contribution in [0, 0.1) is 5.92 Å².